The summed E-state index contributed by atoms with van der Waals surface area (Å²) in [6.45, 7) is 3.68. The highest BCUT2D eigenvalue weighted by molar-refractivity contribution is 6.08. The van der Waals surface area contributed by atoms with Crippen LogP contribution in [0.2, 0.25) is 0 Å². The third-order valence-electron chi connectivity index (χ3n) is 6.36. The van der Waals surface area contributed by atoms with E-state index in [9.17, 15) is 19.1 Å². The summed E-state index contributed by atoms with van der Waals surface area (Å²) in [6, 6.07) is 10.9. The Morgan fingerprint density at radius 2 is 1.61 bits per heavy atom. The third kappa shape index (κ3) is 5.05. The number of anilines is 2. The largest absolute Gasteiger partial charge is 0.478 e. The average molecular weight is 426 g/mol. The van der Waals surface area contributed by atoms with Crippen molar-refractivity contribution in [1.29, 1.82) is 0 Å². The van der Waals surface area contributed by atoms with Crippen LogP contribution in [0.3, 0.4) is 0 Å². The number of hydrogen-bond acceptors (Lipinski definition) is 4. The Morgan fingerprint density at radius 3 is 2.26 bits per heavy atom. The predicted octanol–water partition coefficient (Wildman–Crippen LogP) is 4.23. The van der Waals surface area contributed by atoms with Crippen molar-refractivity contribution in [2.45, 2.75) is 38.1 Å². The van der Waals surface area contributed by atoms with Crippen molar-refractivity contribution < 1.29 is 19.1 Å². The van der Waals surface area contributed by atoms with Gasteiger partial charge in [-0.3, -0.25) is 9.69 Å². The second-order valence-electron chi connectivity index (χ2n) is 8.31. The maximum Gasteiger partial charge on any atom is 0.337 e. The molecule has 7 heteroatoms. The molecule has 31 heavy (non-hydrogen) atoms. The molecule has 1 amide bonds. The number of carbonyl (C=O) groups excluding carboxylic acids is 1. The molecule has 0 atom stereocenters. The molecule has 2 aromatic rings. The number of halogens is 1. The number of aromatic carboxylic acids is 1. The SMILES string of the molecule is O=C(Nc1ccc(N2CCN(C3CCCCC3)CC2)cc1C(=O)O)c1ccc(F)cc1. The van der Waals surface area contributed by atoms with E-state index in [4.69, 9.17) is 0 Å². The summed E-state index contributed by atoms with van der Waals surface area (Å²) >= 11 is 0. The molecular weight excluding hydrogens is 397 g/mol. The number of nitrogens with zero attached hydrogens (tertiary/aromatic N) is 2. The van der Waals surface area contributed by atoms with Crippen molar-refractivity contribution in [3.05, 3.63) is 59.4 Å². The minimum Gasteiger partial charge on any atom is -0.478 e. The highest BCUT2D eigenvalue weighted by Crippen LogP contribution is 2.27. The van der Waals surface area contributed by atoms with E-state index in [1.807, 2.05) is 6.07 Å². The summed E-state index contributed by atoms with van der Waals surface area (Å²) in [6.07, 6.45) is 6.55. The van der Waals surface area contributed by atoms with Gasteiger partial charge >= 0.3 is 5.97 Å². The van der Waals surface area contributed by atoms with Crippen LogP contribution in [0.1, 0.15) is 52.8 Å². The minimum atomic E-state index is -1.10. The summed E-state index contributed by atoms with van der Waals surface area (Å²) in [5.74, 6) is -2.01. The fraction of sp³-hybridized carbons (Fsp3) is 0.417. The summed E-state index contributed by atoms with van der Waals surface area (Å²) in [7, 11) is 0. The number of hydrogen-bond donors (Lipinski definition) is 2. The van der Waals surface area contributed by atoms with E-state index in [0.29, 0.717) is 6.04 Å². The molecule has 1 saturated carbocycles. The molecule has 0 bridgehead atoms. The van der Waals surface area contributed by atoms with E-state index in [-0.39, 0.29) is 16.8 Å². The molecule has 164 valence electrons. The Balaban J connectivity index is 1.44. The number of amides is 1. The van der Waals surface area contributed by atoms with Crippen LogP contribution in [0.5, 0.6) is 0 Å². The van der Waals surface area contributed by atoms with Crippen molar-refractivity contribution in [3.63, 3.8) is 0 Å². The zero-order valence-corrected chi connectivity index (χ0v) is 17.5. The van der Waals surface area contributed by atoms with Crippen LogP contribution in [0.15, 0.2) is 42.5 Å². The molecule has 2 N–H and O–H groups in total. The van der Waals surface area contributed by atoms with Crippen LogP contribution in [0.25, 0.3) is 0 Å². The smallest absolute Gasteiger partial charge is 0.337 e. The molecule has 6 nitrogen and oxygen atoms in total. The fourth-order valence-electron chi connectivity index (χ4n) is 4.60. The lowest BCUT2D eigenvalue weighted by molar-refractivity contribution is 0.0698. The standard InChI is InChI=1S/C24H28FN3O3/c25-18-8-6-17(7-9-18)23(29)26-22-11-10-20(16-21(22)24(30)31)28-14-12-27(13-15-28)19-4-2-1-3-5-19/h6-11,16,19H,1-5,12-15H2,(H,26,29)(H,30,31). The molecule has 0 radical (unpaired) electrons. The Morgan fingerprint density at radius 1 is 0.935 bits per heavy atom. The monoisotopic (exact) mass is 425 g/mol. The first kappa shape index (κ1) is 21.3. The van der Waals surface area contributed by atoms with Gasteiger partial charge in [0, 0.05) is 43.5 Å². The van der Waals surface area contributed by atoms with Gasteiger partial charge in [0.1, 0.15) is 5.82 Å². The molecule has 4 rings (SSSR count). The lowest BCUT2D eigenvalue weighted by Crippen LogP contribution is -2.50. The molecule has 1 aliphatic carbocycles. The van der Waals surface area contributed by atoms with Crippen LogP contribution in [0, 0.1) is 5.82 Å². The highest BCUT2D eigenvalue weighted by atomic mass is 19.1. The molecule has 1 saturated heterocycles. The molecule has 2 aliphatic rings. The first-order valence-corrected chi connectivity index (χ1v) is 10.9. The van der Waals surface area contributed by atoms with Crippen LogP contribution >= 0.6 is 0 Å². The average Bonchev–Trinajstić information content (AvgIpc) is 2.80. The van der Waals surface area contributed by atoms with Gasteiger partial charge < -0.3 is 15.3 Å². The van der Waals surface area contributed by atoms with Gasteiger partial charge in [0.15, 0.2) is 0 Å². The van der Waals surface area contributed by atoms with Crippen molar-refractivity contribution in [2.24, 2.45) is 0 Å². The molecule has 0 unspecified atom stereocenters. The van der Waals surface area contributed by atoms with Crippen molar-refractivity contribution in [3.8, 4) is 0 Å². The first-order valence-electron chi connectivity index (χ1n) is 10.9. The van der Waals surface area contributed by atoms with Crippen LogP contribution in [-0.2, 0) is 0 Å². The Kier molecular flexibility index (Phi) is 6.51. The molecule has 2 aromatic carbocycles. The second-order valence-corrected chi connectivity index (χ2v) is 8.31. The van der Waals surface area contributed by atoms with E-state index in [1.165, 1.54) is 56.4 Å². The molecule has 1 aliphatic heterocycles. The summed E-state index contributed by atoms with van der Waals surface area (Å²) in [5, 5.41) is 12.3. The van der Waals surface area contributed by atoms with Gasteiger partial charge in [-0.25, -0.2) is 9.18 Å². The lowest BCUT2D eigenvalue weighted by atomic mass is 9.94. The summed E-state index contributed by atoms with van der Waals surface area (Å²) in [4.78, 5) is 29.1. The van der Waals surface area contributed by atoms with Crippen molar-refractivity contribution >= 4 is 23.3 Å². The molecule has 1 heterocycles. The summed E-state index contributed by atoms with van der Waals surface area (Å²) < 4.78 is 13.1. The highest BCUT2D eigenvalue weighted by Gasteiger charge is 2.26. The lowest BCUT2D eigenvalue weighted by Gasteiger charge is -2.41. The van der Waals surface area contributed by atoms with Crippen molar-refractivity contribution in [2.75, 3.05) is 36.4 Å². The van der Waals surface area contributed by atoms with Gasteiger partial charge in [0.05, 0.1) is 11.3 Å². The summed E-state index contributed by atoms with van der Waals surface area (Å²) in [5.41, 5.74) is 1.38. The van der Waals surface area contributed by atoms with E-state index in [1.54, 1.807) is 12.1 Å². The zero-order valence-electron chi connectivity index (χ0n) is 17.5. The number of benzene rings is 2. The van der Waals surface area contributed by atoms with E-state index in [2.05, 4.69) is 15.1 Å². The third-order valence-corrected chi connectivity index (χ3v) is 6.36. The maximum absolute atomic E-state index is 13.1. The Hall–Kier alpha value is -2.93. The first-order chi connectivity index (χ1) is 15.0. The van der Waals surface area contributed by atoms with Crippen LogP contribution in [0.4, 0.5) is 15.8 Å². The number of nitrogens with one attached hydrogen (secondary N) is 1. The topological polar surface area (TPSA) is 72.9 Å². The normalized spacial score (nSPS) is 18.0. The molecule has 0 spiro atoms. The molecule has 2 fully saturated rings. The predicted molar refractivity (Wildman–Crippen MR) is 118 cm³/mol. The van der Waals surface area contributed by atoms with Gasteiger partial charge in [-0.05, 0) is 55.3 Å². The van der Waals surface area contributed by atoms with E-state index in [0.717, 1.165) is 31.9 Å². The Bertz CT molecular complexity index is 934. The van der Waals surface area contributed by atoms with Gasteiger partial charge in [0.25, 0.3) is 5.91 Å². The van der Waals surface area contributed by atoms with E-state index < -0.39 is 17.7 Å². The van der Waals surface area contributed by atoms with Gasteiger partial charge in [-0.1, -0.05) is 19.3 Å². The van der Waals surface area contributed by atoms with E-state index >= 15 is 0 Å². The number of carboxylic acid groups (broad SMARTS) is 1. The van der Waals surface area contributed by atoms with Crippen LogP contribution < -0.4 is 10.2 Å². The van der Waals surface area contributed by atoms with Gasteiger partial charge in [-0.2, -0.15) is 0 Å². The van der Waals surface area contributed by atoms with Gasteiger partial charge in [0.2, 0.25) is 0 Å². The number of piperazine rings is 1. The minimum absolute atomic E-state index is 0.0441. The quantitative estimate of drug-likeness (QED) is 0.750. The van der Waals surface area contributed by atoms with Gasteiger partial charge in [-0.15, -0.1) is 0 Å². The number of rotatable bonds is 5. The molecular formula is C24H28FN3O3. The molecule has 0 aromatic heterocycles. The zero-order chi connectivity index (χ0) is 21.8. The fourth-order valence-corrected chi connectivity index (χ4v) is 4.60. The maximum atomic E-state index is 13.1. The number of carbonyl (C=O) groups is 2. The van der Waals surface area contributed by atoms with Crippen molar-refractivity contribution in [1.82, 2.24) is 4.90 Å². The van der Waals surface area contributed by atoms with Crippen LogP contribution in [-0.4, -0.2) is 54.1 Å². The Labute approximate surface area is 181 Å². The number of carboxylic acids is 1. The second kappa shape index (κ2) is 9.47.